The Kier molecular flexibility index (Phi) is 10.1. The summed E-state index contributed by atoms with van der Waals surface area (Å²) in [4.78, 5) is 12.4. The lowest BCUT2D eigenvalue weighted by Gasteiger charge is -2.13. The van der Waals surface area contributed by atoms with E-state index in [1.807, 2.05) is 12.3 Å². The minimum Gasteiger partial charge on any atom is -0.465 e. The molecule has 2 rings (SSSR count). The van der Waals surface area contributed by atoms with Gasteiger partial charge in [0.05, 0.1) is 24.2 Å². The maximum absolute atomic E-state index is 8.36. The number of benzene rings is 1. The zero-order valence-corrected chi connectivity index (χ0v) is 15.6. The van der Waals surface area contributed by atoms with Gasteiger partial charge in [-0.15, -0.1) is 10.1 Å². The Bertz CT molecular complexity index is 704. The minimum absolute atomic E-state index is 0.166. The number of rotatable bonds is 8. The lowest BCUT2D eigenvalue weighted by atomic mass is 10.2. The van der Waals surface area contributed by atoms with Crippen molar-refractivity contribution in [1.82, 2.24) is 9.55 Å². The van der Waals surface area contributed by atoms with E-state index in [1.54, 1.807) is 35.4 Å². The topological polar surface area (TPSA) is 99.7 Å². The van der Waals surface area contributed by atoms with Gasteiger partial charge < -0.3 is 19.2 Å². The van der Waals surface area contributed by atoms with Crippen molar-refractivity contribution in [2.24, 2.45) is 0 Å². The molecule has 0 aliphatic carbocycles. The highest BCUT2D eigenvalue weighted by Crippen LogP contribution is 2.28. The lowest BCUT2D eigenvalue weighted by Crippen LogP contribution is -2.02. The molecule has 8 nitrogen and oxygen atoms in total. The fourth-order valence-corrected chi connectivity index (χ4v) is 2.27. The van der Waals surface area contributed by atoms with E-state index in [0.29, 0.717) is 22.4 Å². The Balaban J connectivity index is 0.000000765. The Labute approximate surface area is 160 Å². The van der Waals surface area contributed by atoms with E-state index in [2.05, 4.69) is 11.9 Å². The molecule has 0 spiro atoms. The van der Waals surface area contributed by atoms with Crippen molar-refractivity contribution in [3.05, 3.63) is 62.6 Å². The van der Waals surface area contributed by atoms with Gasteiger partial charge in [-0.2, -0.15) is 0 Å². The molecule has 0 atom stereocenters. The Hall–Kier alpha value is -2.29. The molecule has 0 amide bonds. The fraction of sp³-hybridized carbons (Fsp3) is 0.312. The number of unbranched alkanes of at least 4 members (excludes halogenated alkanes) is 1. The molecule has 0 fully saturated rings. The average Bonchev–Trinajstić information content (AvgIpc) is 3.06. The van der Waals surface area contributed by atoms with Gasteiger partial charge in [-0.1, -0.05) is 36.5 Å². The summed E-state index contributed by atoms with van der Waals surface area (Å²) >= 11 is 12.2. The summed E-state index contributed by atoms with van der Waals surface area (Å²) in [5.74, 6) is 0.594. The smallest absolute Gasteiger partial charge is 0.291 e. The van der Waals surface area contributed by atoms with Gasteiger partial charge in [0, 0.05) is 23.0 Å². The predicted molar refractivity (Wildman–Crippen MR) is 98.4 cm³/mol. The molecule has 1 aromatic heterocycles. The van der Waals surface area contributed by atoms with Gasteiger partial charge in [0.25, 0.3) is 5.09 Å². The van der Waals surface area contributed by atoms with Crippen LogP contribution in [0.3, 0.4) is 0 Å². The molecular weight excluding hydrogens is 385 g/mol. The molecule has 26 heavy (non-hydrogen) atoms. The van der Waals surface area contributed by atoms with E-state index >= 15 is 0 Å². The third kappa shape index (κ3) is 8.70. The van der Waals surface area contributed by atoms with E-state index in [4.69, 9.17) is 48.0 Å². The summed E-state index contributed by atoms with van der Waals surface area (Å²) in [7, 11) is 0. The summed E-state index contributed by atoms with van der Waals surface area (Å²) < 4.78 is 13.0. The lowest BCUT2D eigenvalue weighted by molar-refractivity contribution is -0.742. The molecule has 0 radical (unpaired) electrons. The SMILES string of the molecule is CCCCOCOC(=Cn1ccnc1)c1ccc(Cl)cc1Cl.O=[N+]([O-])O. The first-order chi connectivity index (χ1) is 12.4. The first-order valence-electron chi connectivity index (χ1n) is 7.62. The van der Waals surface area contributed by atoms with Gasteiger partial charge in [-0.05, 0) is 24.6 Å². The van der Waals surface area contributed by atoms with Crippen molar-refractivity contribution in [1.29, 1.82) is 0 Å². The van der Waals surface area contributed by atoms with E-state index in [9.17, 15) is 0 Å². The number of ether oxygens (including phenoxy) is 2. The Morgan fingerprint density at radius 3 is 2.77 bits per heavy atom. The van der Waals surface area contributed by atoms with Gasteiger partial charge in [0.15, 0.2) is 6.79 Å². The number of nitrogens with zero attached hydrogens (tertiary/aromatic N) is 3. The molecule has 0 saturated carbocycles. The van der Waals surface area contributed by atoms with Crippen LogP contribution in [0, 0.1) is 10.1 Å². The van der Waals surface area contributed by atoms with Crippen LogP contribution in [0.1, 0.15) is 25.3 Å². The quantitative estimate of drug-likeness (QED) is 0.227. The van der Waals surface area contributed by atoms with Crippen molar-refractivity contribution in [3.8, 4) is 0 Å². The molecule has 0 unspecified atom stereocenters. The van der Waals surface area contributed by atoms with Gasteiger partial charge in [-0.3, -0.25) is 0 Å². The molecule has 0 saturated heterocycles. The molecule has 0 bridgehead atoms. The summed E-state index contributed by atoms with van der Waals surface area (Å²) in [5, 5.41) is 14.7. The van der Waals surface area contributed by atoms with Crippen LogP contribution in [-0.4, -0.2) is 33.2 Å². The van der Waals surface area contributed by atoms with Crippen LogP contribution in [0.25, 0.3) is 12.0 Å². The standard InChI is InChI=1S/C16H18Cl2N2O2.HNO3/c1-2-3-8-21-12-22-16(10-20-7-6-19-11-20)14-5-4-13(17)9-15(14)18;2-1(3)4/h4-7,9-11H,2-3,8,12H2,1H3;(H,2,3,4). The molecular formula is C16H19Cl2N3O5. The van der Waals surface area contributed by atoms with Gasteiger partial charge in [0.2, 0.25) is 0 Å². The van der Waals surface area contributed by atoms with Gasteiger partial charge in [-0.25, -0.2) is 4.98 Å². The highest BCUT2D eigenvalue weighted by atomic mass is 35.5. The molecule has 0 aliphatic rings. The van der Waals surface area contributed by atoms with Crippen molar-refractivity contribution in [2.75, 3.05) is 13.4 Å². The maximum atomic E-state index is 8.36. The molecule has 10 heteroatoms. The van der Waals surface area contributed by atoms with E-state index in [0.717, 1.165) is 18.4 Å². The Morgan fingerprint density at radius 2 is 2.19 bits per heavy atom. The molecule has 0 aliphatic heterocycles. The summed E-state index contributed by atoms with van der Waals surface area (Å²) in [6, 6.07) is 5.27. The van der Waals surface area contributed by atoms with Crippen LogP contribution in [0.2, 0.25) is 10.0 Å². The molecule has 1 aromatic carbocycles. The van der Waals surface area contributed by atoms with Crippen LogP contribution in [0.5, 0.6) is 0 Å². The third-order valence-electron chi connectivity index (χ3n) is 2.93. The highest BCUT2D eigenvalue weighted by molar-refractivity contribution is 6.35. The monoisotopic (exact) mass is 403 g/mol. The number of hydrogen-bond acceptors (Lipinski definition) is 5. The summed E-state index contributed by atoms with van der Waals surface area (Å²) in [6.07, 6.45) is 9.06. The summed E-state index contributed by atoms with van der Waals surface area (Å²) in [5.41, 5.74) is 0.749. The average molecular weight is 404 g/mol. The molecule has 142 valence electrons. The van der Waals surface area contributed by atoms with Crippen LogP contribution in [-0.2, 0) is 9.47 Å². The van der Waals surface area contributed by atoms with Crippen LogP contribution >= 0.6 is 23.2 Å². The van der Waals surface area contributed by atoms with Crippen molar-refractivity contribution >= 4 is 35.2 Å². The minimum atomic E-state index is -1.50. The van der Waals surface area contributed by atoms with Gasteiger partial charge in [0.1, 0.15) is 5.76 Å². The second-order valence-corrected chi connectivity index (χ2v) is 5.73. The zero-order chi connectivity index (χ0) is 19.4. The second kappa shape index (κ2) is 12.1. The molecule has 2 aromatic rings. The normalized spacial score (nSPS) is 10.8. The molecule has 1 N–H and O–H groups in total. The highest BCUT2D eigenvalue weighted by Gasteiger charge is 2.09. The van der Waals surface area contributed by atoms with Crippen molar-refractivity contribution in [3.63, 3.8) is 0 Å². The number of aromatic nitrogens is 2. The predicted octanol–water partition coefficient (Wildman–Crippen LogP) is 4.59. The fourth-order valence-electron chi connectivity index (χ4n) is 1.77. The number of halogens is 2. The first kappa shape index (κ1) is 21.8. The number of imidazole rings is 1. The van der Waals surface area contributed by atoms with E-state index in [1.165, 1.54) is 0 Å². The van der Waals surface area contributed by atoms with Crippen LogP contribution in [0.15, 0.2) is 36.9 Å². The number of hydrogen-bond donors (Lipinski definition) is 1. The zero-order valence-electron chi connectivity index (χ0n) is 14.0. The summed E-state index contributed by atoms with van der Waals surface area (Å²) in [6.45, 7) is 2.95. The largest absolute Gasteiger partial charge is 0.465 e. The maximum Gasteiger partial charge on any atom is 0.291 e. The second-order valence-electron chi connectivity index (χ2n) is 4.89. The van der Waals surface area contributed by atoms with Crippen LogP contribution < -0.4 is 0 Å². The van der Waals surface area contributed by atoms with Crippen molar-refractivity contribution < 1.29 is 19.8 Å². The van der Waals surface area contributed by atoms with E-state index in [-0.39, 0.29) is 6.79 Å². The molecule has 1 heterocycles. The third-order valence-corrected chi connectivity index (χ3v) is 3.48. The Morgan fingerprint density at radius 1 is 1.46 bits per heavy atom. The van der Waals surface area contributed by atoms with Crippen molar-refractivity contribution in [2.45, 2.75) is 19.8 Å². The first-order valence-corrected chi connectivity index (χ1v) is 8.38. The van der Waals surface area contributed by atoms with E-state index < -0.39 is 5.09 Å². The van der Waals surface area contributed by atoms with Gasteiger partial charge >= 0.3 is 0 Å². The van der Waals surface area contributed by atoms with Crippen LogP contribution in [0.4, 0.5) is 0 Å².